The van der Waals surface area contributed by atoms with E-state index in [-0.39, 0.29) is 11.9 Å². The Labute approximate surface area is 119 Å². The molecule has 1 aromatic carbocycles. The first-order valence-corrected chi connectivity index (χ1v) is 7.10. The number of carbonyl (C=O) groups is 1. The summed E-state index contributed by atoms with van der Waals surface area (Å²) in [5.41, 5.74) is 1.07. The van der Waals surface area contributed by atoms with Crippen molar-refractivity contribution in [3.63, 3.8) is 0 Å². The van der Waals surface area contributed by atoms with Crippen molar-refractivity contribution in [2.24, 2.45) is 0 Å². The van der Waals surface area contributed by atoms with Crippen LogP contribution in [0.25, 0.3) is 0 Å². The minimum Gasteiger partial charge on any atom is -0.490 e. The Morgan fingerprint density at radius 1 is 1.30 bits per heavy atom. The Hall–Kier alpha value is -1.75. The Kier molecular flexibility index (Phi) is 5.24. The molecule has 0 saturated heterocycles. The van der Waals surface area contributed by atoms with Crippen molar-refractivity contribution in [3.05, 3.63) is 23.8 Å². The molecule has 0 fully saturated rings. The summed E-state index contributed by atoms with van der Waals surface area (Å²) in [5, 5.41) is 5.99. The van der Waals surface area contributed by atoms with Crippen molar-refractivity contribution >= 4 is 5.91 Å². The second-order valence-electron chi connectivity index (χ2n) is 4.83. The maximum absolute atomic E-state index is 11.6. The van der Waals surface area contributed by atoms with E-state index in [2.05, 4.69) is 10.6 Å². The molecule has 1 unspecified atom stereocenters. The van der Waals surface area contributed by atoms with E-state index in [4.69, 9.17) is 9.47 Å². The van der Waals surface area contributed by atoms with E-state index >= 15 is 0 Å². The number of nitrogens with one attached hydrogen (secondary N) is 2. The zero-order valence-corrected chi connectivity index (χ0v) is 12.1. The van der Waals surface area contributed by atoms with Crippen LogP contribution in [0.5, 0.6) is 11.5 Å². The van der Waals surface area contributed by atoms with Crippen LogP contribution in [-0.4, -0.2) is 31.7 Å². The molecule has 0 aliphatic carbocycles. The zero-order valence-electron chi connectivity index (χ0n) is 12.1. The third kappa shape index (κ3) is 3.87. The van der Waals surface area contributed by atoms with Crippen LogP contribution in [0.3, 0.4) is 0 Å². The number of ether oxygens (including phenoxy) is 2. The first-order valence-electron chi connectivity index (χ1n) is 7.10. The van der Waals surface area contributed by atoms with E-state index in [1.165, 1.54) is 0 Å². The summed E-state index contributed by atoms with van der Waals surface area (Å²) in [7, 11) is 0. The zero-order chi connectivity index (χ0) is 14.4. The summed E-state index contributed by atoms with van der Waals surface area (Å²) in [5.74, 6) is 1.59. The SMILES string of the molecule is CCNC(=O)C(C)NCc1ccc2c(c1)OCCCO2. The molecule has 1 aliphatic rings. The largest absolute Gasteiger partial charge is 0.490 e. The van der Waals surface area contributed by atoms with Crippen LogP contribution in [0.1, 0.15) is 25.8 Å². The Balaban J connectivity index is 1.93. The Bertz CT molecular complexity index is 462. The fourth-order valence-corrected chi connectivity index (χ4v) is 2.01. The van der Waals surface area contributed by atoms with Gasteiger partial charge in [-0.15, -0.1) is 0 Å². The molecule has 5 nitrogen and oxygen atoms in total. The van der Waals surface area contributed by atoms with Crippen molar-refractivity contribution in [2.75, 3.05) is 19.8 Å². The standard InChI is InChI=1S/C15H22N2O3/c1-3-16-15(18)11(2)17-10-12-5-6-13-14(9-12)20-8-4-7-19-13/h5-6,9,11,17H,3-4,7-8,10H2,1-2H3,(H,16,18). The van der Waals surface area contributed by atoms with Gasteiger partial charge in [0, 0.05) is 19.5 Å². The van der Waals surface area contributed by atoms with E-state index in [1.54, 1.807) is 0 Å². The third-order valence-electron chi connectivity index (χ3n) is 3.17. The molecule has 0 aromatic heterocycles. The van der Waals surface area contributed by atoms with Gasteiger partial charge in [0.05, 0.1) is 19.3 Å². The van der Waals surface area contributed by atoms with Gasteiger partial charge in [0.2, 0.25) is 5.91 Å². The van der Waals surface area contributed by atoms with Gasteiger partial charge in [-0.1, -0.05) is 6.07 Å². The first kappa shape index (κ1) is 14.7. The van der Waals surface area contributed by atoms with E-state index in [1.807, 2.05) is 32.0 Å². The van der Waals surface area contributed by atoms with Crippen LogP contribution in [0, 0.1) is 0 Å². The molecular weight excluding hydrogens is 256 g/mol. The van der Waals surface area contributed by atoms with Crippen molar-refractivity contribution in [1.82, 2.24) is 10.6 Å². The first-order chi connectivity index (χ1) is 9.70. The lowest BCUT2D eigenvalue weighted by molar-refractivity contribution is -0.122. The van der Waals surface area contributed by atoms with E-state index in [0.29, 0.717) is 26.3 Å². The van der Waals surface area contributed by atoms with Crippen LogP contribution in [0.15, 0.2) is 18.2 Å². The quantitative estimate of drug-likeness (QED) is 0.856. The maximum atomic E-state index is 11.6. The highest BCUT2D eigenvalue weighted by Crippen LogP contribution is 2.30. The van der Waals surface area contributed by atoms with Crippen LogP contribution in [-0.2, 0) is 11.3 Å². The molecule has 1 heterocycles. The minimum absolute atomic E-state index is 0.0156. The maximum Gasteiger partial charge on any atom is 0.236 e. The van der Waals surface area contributed by atoms with Gasteiger partial charge in [0.1, 0.15) is 0 Å². The lowest BCUT2D eigenvalue weighted by Crippen LogP contribution is -2.41. The number of hydrogen-bond acceptors (Lipinski definition) is 4. The normalized spacial score (nSPS) is 15.3. The van der Waals surface area contributed by atoms with Gasteiger partial charge in [-0.3, -0.25) is 4.79 Å². The fraction of sp³-hybridized carbons (Fsp3) is 0.533. The number of carbonyl (C=O) groups excluding carboxylic acids is 1. The number of amides is 1. The summed E-state index contributed by atoms with van der Waals surface area (Å²) in [6, 6.07) is 5.67. The lowest BCUT2D eigenvalue weighted by Gasteiger charge is -2.14. The van der Waals surface area contributed by atoms with Crippen molar-refractivity contribution < 1.29 is 14.3 Å². The number of likely N-dealkylation sites (N-methyl/N-ethyl adjacent to an activating group) is 1. The van der Waals surface area contributed by atoms with Crippen LogP contribution in [0.4, 0.5) is 0 Å². The lowest BCUT2D eigenvalue weighted by atomic mass is 10.2. The van der Waals surface area contributed by atoms with E-state index in [9.17, 15) is 4.79 Å². The molecule has 2 N–H and O–H groups in total. The smallest absolute Gasteiger partial charge is 0.236 e. The monoisotopic (exact) mass is 278 g/mol. The van der Waals surface area contributed by atoms with Crippen LogP contribution in [0.2, 0.25) is 0 Å². The van der Waals surface area contributed by atoms with E-state index in [0.717, 1.165) is 23.5 Å². The molecule has 0 spiro atoms. The molecule has 0 saturated carbocycles. The number of hydrogen-bond donors (Lipinski definition) is 2. The molecule has 1 amide bonds. The molecule has 2 rings (SSSR count). The van der Waals surface area contributed by atoms with Crippen molar-refractivity contribution in [2.45, 2.75) is 32.9 Å². The molecule has 0 radical (unpaired) electrons. The van der Waals surface area contributed by atoms with Crippen molar-refractivity contribution in [3.8, 4) is 11.5 Å². The summed E-state index contributed by atoms with van der Waals surface area (Å²) >= 11 is 0. The molecule has 20 heavy (non-hydrogen) atoms. The molecule has 110 valence electrons. The molecule has 0 bridgehead atoms. The highest BCUT2D eigenvalue weighted by molar-refractivity contribution is 5.81. The van der Waals surface area contributed by atoms with Gasteiger partial charge in [-0.25, -0.2) is 0 Å². The molecular formula is C15H22N2O3. The van der Waals surface area contributed by atoms with Crippen LogP contribution >= 0.6 is 0 Å². The van der Waals surface area contributed by atoms with E-state index < -0.39 is 0 Å². The molecule has 5 heteroatoms. The van der Waals surface area contributed by atoms with Crippen LogP contribution < -0.4 is 20.1 Å². The fourth-order valence-electron chi connectivity index (χ4n) is 2.01. The van der Waals surface area contributed by atoms with Gasteiger partial charge >= 0.3 is 0 Å². The van der Waals surface area contributed by atoms with Gasteiger partial charge in [-0.05, 0) is 31.5 Å². The average molecular weight is 278 g/mol. The van der Waals surface area contributed by atoms with Gasteiger partial charge < -0.3 is 20.1 Å². The Morgan fingerprint density at radius 2 is 2.05 bits per heavy atom. The second kappa shape index (κ2) is 7.14. The third-order valence-corrected chi connectivity index (χ3v) is 3.17. The molecule has 1 aliphatic heterocycles. The predicted molar refractivity (Wildman–Crippen MR) is 77.0 cm³/mol. The summed E-state index contributed by atoms with van der Waals surface area (Å²) < 4.78 is 11.2. The topological polar surface area (TPSA) is 59.6 Å². The van der Waals surface area contributed by atoms with Gasteiger partial charge in [0.15, 0.2) is 11.5 Å². The molecule has 1 atom stereocenters. The highest BCUT2D eigenvalue weighted by Gasteiger charge is 2.13. The summed E-state index contributed by atoms with van der Waals surface area (Å²) in [6.45, 7) is 6.41. The average Bonchev–Trinajstić information content (AvgIpc) is 2.69. The number of benzene rings is 1. The predicted octanol–water partition coefficient (Wildman–Crippen LogP) is 1.46. The van der Waals surface area contributed by atoms with Gasteiger partial charge in [-0.2, -0.15) is 0 Å². The van der Waals surface area contributed by atoms with Gasteiger partial charge in [0.25, 0.3) is 0 Å². The Morgan fingerprint density at radius 3 is 2.80 bits per heavy atom. The number of rotatable bonds is 5. The summed E-state index contributed by atoms with van der Waals surface area (Å²) in [4.78, 5) is 11.6. The minimum atomic E-state index is -0.217. The van der Waals surface area contributed by atoms with Crippen molar-refractivity contribution in [1.29, 1.82) is 0 Å². The summed E-state index contributed by atoms with van der Waals surface area (Å²) in [6.07, 6.45) is 0.899. The second-order valence-corrected chi connectivity index (χ2v) is 4.83. The molecule has 1 aromatic rings. The number of fused-ring (bicyclic) bond motifs is 1. The highest BCUT2D eigenvalue weighted by atomic mass is 16.5.